The second kappa shape index (κ2) is 10.5. The van der Waals surface area contributed by atoms with Gasteiger partial charge in [-0.25, -0.2) is 4.79 Å². The summed E-state index contributed by atoms with van der Waals surface area (Å²) in [5.74, 6) is -0.236. The van der Waals surface area contributed by atoms with Gasteiger partial charge in [0.1, 0.15) is 6.04 Å². The summed E-state index contributed by atoms with van der Waals surface area (Å²) in [5.41, 5.74) is 0. The van der Waals surface area contributed by atoms with E-state index in [2.05, 4.69) is 10.6 Å². The third-order valence-electron chi connectivity index (χ3n) is 5.08. The molecule has 7 nitrogen and oxygen atoms in total. The molecule has 28 heavy (non-hydrogen) atoms. The second-order valence-electron chi connectivity index (χ2n) is 7.37. The standard InChI is InChI=1S/C20H32N4O3S/c1-5-23(6-2)19(26)17(22-18(25)16-8-7-13-28-16)15-9-11-24(12-10-15)20(27)21-14(3)4/h7-8,13-15,17H,5-6,9-12H2,1-4H3,(H,21,27)(H,22,25)/t17-/m0/s1. The van der Waals surface area contributed by atoms with Crippen LogP contribution in [0.3, 0.4) is 0 Å². The van der Waals surface area contributed by atoms with E-state index in [1.54, 1.807) is 15.9 Å². The molecule has 1 saturated heterocycles. The zero-order valence-electron chi connectivity index (χ0n) is 17.2. The summed E-state index contributed by atoms with van der Waals surface area (Å²) in [6.45, 7) is 10.1. The first-order valence-corrected chi connectivity index (χ1v) is 10.9. The number of amides is 4. The van der Waals surface area contributed by atoms with Crippen molar-refractivity contribution < 1.29 is 14.4 Å². The van der Waals surface area contributed by atoms with E-state index in [1.807, 2.05) is 39.1 Å². The van der Waals surface area contributed by atoms with Crippen molar-refractivity contribution in [2.45, 2.75) is 52.6 Å². The molecule has 1 aromatic heterocycles. The molecular formula is C20H32N4O3S. The normalized spacial score (nSPS) is 16.0. The first-order chi connectivity index (χ1) is 13.4. The van der Waals surface area contributed by atoms with Crippen LogP contribution < -0.4 is 10.6 Å². The molecule has 1 atom stereocenters. The van der Waals surface area contributed by atoms with E-state index < -0.39 is 6.04 Å². The summed E-state index contributed by atoms with van der Waals surface area (Å²) in [4.78, 5) is 42.1. The van der Waals surface area contributed by atoms with Gasteiger partial charge in [0.15, 0.2) is 0 Å². The second-order valence-corrected chi connectivity index (χ2v) is 8.32. The predicted molar refractivity (Wildman–Crippen MR) is 111 cm³/mol. The molecule has 0 radical (unpaired) electrons. The summed E-state index contributed by atoms with van der Waals surface area (Å²) in [6, 6.07) is 3.05. The molecule has 4 amide bonds. The summed E-state index contributed by atoms with van der Waals surface area (Å²) in [6.07, 6.45) is 1.38. The molecule has 0 aliphatic carbocycles. The van der Waals surface area contributed by atoms with Crippen LogP contribution in [0.2, 0.25) is 0 Å². The van der Waals surface area contributed by atoms with E-state index in [4.69, 9.17) is 0 Å². The molecule has 1 aromatic rings. The minimum atomic E-state index is -0.565. The quantitative estimate of drug-likeness (QED) is 0.727. The number of hydrogen-bond acceptors (Lipinski definition) is 4. The van der Waals surface area contributed by atoms with Gasteiger partial charge in [-0.15, -0.1) is 11.3 Å². The zero-order chi connectivity index (χ0) is 20.7. The maximum atomic E-state index is 13.1. The van der Waals surface area contributed by atoms with Crippen molar-refractivity contribution in [1.29, 1.82) is 0 Å². The molecule has 2 rings (SSSR count). The number of likely N-dealkylation sites (tertiary alicyclic amines) is 1. The molecule has 156 valence electrons. The van der Waals surface area contributed by atoms with Crippen LogP contribution in [0.25, 0.3) is 0 Å². The highest BCUT2D eigenvalue weighted by molar-refractivity contribution is 7.12. The van der Waals surface area contributed by atoms with Gasteiger partial charge >= 0.3 is 6.03 Å². The Kier molecular flexibility index (Phi) is 8.29. The number of nitrogens with one attached hydrogen (secondary N) is 2. The molecule has 2 N–H and O–H groups in total. The summed E-state index contributed by atoms with van der Waals surface area (Å²) in [7, 11) is 0. The van der Waals surface area contributed by atoms with Crippen molar-refractivity contribution in [1.82, 2.24) is 20.4 Å². The fourth-order valence-corrected chi connectivity index (χ4v) is 4.13. The molecule has 1 aliphatic rings. The Morgan fingerprint density at radius 2 is 1.82 bits per heavy atom. The lowest BCUT2D eigenvalue weighted by Gasteiger charge is -2.37. The van der Waals surface area contributed by atoms with E-state index in [0.717, 1.165) is 0 Å². The molecule has 0 bridgehead atoms. The summed E-state index contributed by atoms with van der Waals surface area (Å²) >= 11 is 1.36. The molecule has 1 aliphatic heterocycles. The van der Waals surface area contributed by atoms with Crippen LogP contribution in [0, 0.1) is 5.92 Å². The number of rotatable bonds is 7. The number of piperidine rings is 1. The Hall–Kier alpha value is -2.09. The van der Waals surface area contributed by atoms with Gasteiger partial charge in [-0.1, -0.05) is 6.07 Å². The fraction of sp³-hybridized carbons (Fsp3) is 0.650. The first kappa shape index (κ1) is 22.2. The van der Waals surface area contributed by atoms with Crippen molar-refractivity contribution in [3.05, 3.63) is 22.4 Å². The lowest BCUT2D eigenvalue weighted by Crippen LogP contribution is -2.55. The highest BCUT2D eigenvalue weighted by Crippen LogP contribution is 2.23. The molecule has 0 saturated carbocycles. The van der Waals surface area contributed by atoms with Crippen molar-refractivity contribution in [2.24, 2.45) is 5.92 Å². The average molecular weight is 409 g/mol. The predicted octanol–water partition coefficient (Wildman–Crippen LogP) is 2.54. The van der Waals surface area contributed by atoms with Gasteiger partial charge in [0.2, 0.25) is 5.91 Å². The van der Waals surface area contributed by atoms with Crippen molar-refractivity contribution in [2.75, 3.05) is 26.2 Å². The monoisotopic (exact) mass is 408 g/mol. The van der Waals surface area contributed by atoms with E-state index in [9.17, 15) is 14.4 Å². The number of nitrogens with zero attached hydrogens (tertiary/aromatic N) is 2. The molecule has 1 fully saturated rings. The smallest absolute Gasteiger partial charge is 0.317 e. The van der Waals surface area contributed by atoms with Crippen LogP contribution in [0.4, 0.5) is 4.79 Å². The molecule has 8 heteroatoms. The summed E-state index contributed by atoms with van der Waals surface area (Å²) in [5, 5.41) is 7.73. The fourth-order valence-electron chi connectivity index (χ4n) is 3.51. The maximum Gasteiger partial charge on any atom is 0.317 e. The lowest BCUT2D eigenvalue weighted by atomic mass is 9.88. The van der Waals surface area contributed by atoms with Gasteiger partial charge in [0.25, 0.3) is 5.91 Å². The van der Waals surface area contributed by atoms with Gasteiger partial charge in [0.05, 0.1) is 4.88 Å². The van der Waals surface area contributed by atoms with Gasteiger partial charge < -0.3 is 20.4 Å². The van der Waals surface area contributed by atoms with Crippen LogP contribution >= 0.6 is 11.3 Å². The molecule has 2 heterocycles. The number of carbonyl (C=O) groups excluding carboxylic acids is 3. The maximum absolute atomic E-state index is 13.1. The largest absolute Gasteiger partial charge is 0.341 e. The molecular weight excluding hydrogens is 376 g/mol. The molecule has 0 spiro atoms. The Morgan fingerprint density at radius 1 is 1.18 bits per heavy atom. The van der Waals surface area contributed by atoms with E-state index in [0.29, 0.717) is 43.9 Å². The third kappa shape index (κ3) is 5.70. The topological polar surface area (TPSA) is 81.8 Å². The SMILES string of the molecule is CCN(CC)C(=O)[C@@H](NC(=O)c1cccs1)C1CCN(C(=O)NC(C)C)CC1. The van der Waals surface area contributed by atoms with Crippen molar-refractivity contribution >= 4 is 29.2 Å². The van der Waals surface area contributed by atoms with E-state index >= 15 is 0 Å². The third-order valence-corrected chi connectivity index (χ3v) is 5.95. The van der Waals surface area contributed by atoms with Gasteiger partial charge in [0, 0.05) is 32.2 Å². The lowest BCUT2D eigenvalue weighted by molar-refractivity contribution is -0.134. The van der Waals surface area contributed by atoms with Gasteiger partial charge in [-0.3, -0.25) is 9.59 Å². The van der Waals surface area contributed by atoms with Gasteiger partial charge in [-0.2, -0.15) is 0 Å². The molecule has 0 unspecified atom stereocenters. The van der Waals surface area contributed by atoms with E-state index in [-0.39, 0.29) is 29.8 Å². The van der Waals surface area contributed by atoms with Crippen LogP contribution in [-0.4, -0.2) is 65.9 Å². The average Bonchev–Trinajstić information content (AvgIpc) is 3.21. The van der Waals surface area contributed by atoms with Crippen molar-refractivity contribution in [3.63, 3.8) is 0 Å². The van der Waals surface area contributed by atoms with E-state index in [1.165, 1.54) is 11.3 Å². The number of likely N-dealkylation sites (N-methyl/N-ethyl adjacent to an activating group) is 1. The van der Waals surface area contributed by atoms with Crippen molar-refractivity contribution in [3.8, 4) is 0 Å². The first-order valence-electron chi connectivity index (χ1n) is 10.1. The number of thiophene rings is 1. The van der Waals surface area contributed by atoms with Crippen LogP contribution in [-0.2, 0) is 4.79 Å². The van der Waals surface area contributed by atoms with Crippen LogP contribution in [0.5, 0.6) is 0 Å². The minimum Gasteiger partial charge on any atom is -0.341 e. The number of carbonyl (C=O) groups is 3. The Balaban J connectivity index is 2.08. The Bertz CT molecular complexity index is 650. The van der Waals surface area contributed by atoms with Crippen LogP contribution in [0.1, 0.15) is 50.2 Å². The summed E-state index contributed by atoms with van der Waals surface area (Å²) < 4.78 is 0. The number of hydrogen-bond donors (Lipinski definition) is 2. The highest BCUT2D eigenvalue weighted by Gasteiger charge is 2.35. The zero-order valence-corrected chi connectivity index (χ0v) is 18.1. The molecule has 0 aromatic carbocycles. The number of urea groups is 1. The van der Waals surface area contributed by atoms with Gasteiger partial charge in [-0.05, 0) is 57.9 Å². The van der Waals surface area contributed by atoms with Crippen LogP contribution in [0.15, 0.2) is 17.5 Å². The highest BCUT2D eigenvalue weighted by atomic mass is 32.1. The Morgan fingerprint density at radius 3 is 2.32 bits per heavy atom. The Labute approximate surface area is 171 Å². The minimum absolute atomic E-state index is 0.0140.